The maximum Gasteiger partial charge on any atom is 0.271 e. The van der Waals surface area contributed by atoms with Gasteiger partial charge in [-0.2, -0.15) is 0 Å². The van der Waals surface area contributed by atoms with Crippen LogP contribution in [-0.2, 0) is 38.8 Å². The van der Waals surface area contributed by atoms with Crippen LogP contribution >= 0.6 is 11.3 Å². The van der Waals surface area contributed by atoms with E-state index in [0.717, 1.165) is 0 Å². The molecule has 0 saturated carbocycles. The van der Waals surface area contributed by atoms with Crippen LogP contribution in [-0.4, -0.2) is 56.0 Å². The van der Waals surface area contributed by atoms with Crippen molar-refractivity contribution in [3.05, 3.63) is 11.6 Å². The van der Waals surface area contributed by atoms with Crippen molar-refractivity contribution in [3.63, 3.8) is 0 Å². The Morgan fingerprint density at radius 1 is 1.40 bits per heavy atom. The molecule has 9 nitrogen and oxygen atoms in total. The summed E-state index contributed by atoms with van der Waals surface area (Å²) < 4.78 is 69.5. The minimum absolute atomic E-state index is 0.0451. The number of ether oxygens (including phenoxy) is 4. The van der Waals surface area contributed by atoms with E-state index in [1.807, 2.05) is 0 Å². The topological polar surface area (TPSA) is 131 Å². The number of methoxy groups -OCH3 is 2. The summed E-state index contributed by atoms with van der Waals surface area (Å²) in [5, 5.41) is 4.27. The van der Waals surface area contributed by atoms with Crippen molar-refractivity contribution in [3.8, 4) is 0 Å². The molecule has 0 amide bonds. The number of rotatable bonds is 8. The van der Waals surface area contributed by atoms with Crippen molar-refractivity contribution in [2.45, 2.75) is 39.6 Å². The minimum atomic E-state index is -4.04. The van der Waals surface area contributed by atoms with Gasteiger partial charge >= 0.3 is 0 Å². The summed E-state index contributed by atoms with van der Waals surface area (Å²) >= 11 is 0.612. The number of thiophene rings is 1. The predicted molar refractivity (Wildman–Crippen MR) is 89.4 cm³/mol. The summed E-state index contributed by atoms with van der Waals surface area (Å²) in [6, 6.07) is 1.24. The van der Waals surface area contributed by atoms with E-state index < -0.39 is 37.7 Å². The number of sulfonamides is 1. The molecule has 25 heavy (non-hydrogen) atoms. The van der Waals surface area contributed by atoms with Crippen LogP contribution < -0.4 is 5.14 Å². The Kier molecular flexibility index (Phi) is 6.60. The van der Waals surface area contributed by atoms with Gasteiger partial charge in [0.05, 0.1) is 18.0 Å². The fraction of sp³-hybridized carbons (Fsp3) is 0.692. The second kappa shape index (κ2) is 7.96. The van der Waals surface area contributed by atoms with E-state index >= 15 is 0 Å². The van der Waals surface area contributed by atoms with Gasteiger partial charge in [0, 0.05) is 26.4 Å². The molecule has 1 aromatic heterocycles. The van der Waals surface area contributed by atoms with Gasteiger partial charge in [-0.1, -0.05) is 0 Å². The Labute approximate surface area is 151 Å². The Hall–Kier alpha value is -0.600. The highest BCUT2D eigenvalue weighted by Gasteiger charge is 2.43. The first-order chi connectivity index (χ1) is 11.6. The van der Waals surface area contributed by atoms with Crippen molar-refractivity contribution in [1.29, 1.82) is 0 Å². The molecule has 3 atom stereocenters. The third-order valence-electron chi connectivity index (χ3n) is 3.63. The summed E-state index contributed by atoms with van der Waals surface area (Å²) in [7, 11) is -5.02. The number of hydrogen-bond donors (Lipinski definition) is 1. The third kappa shape index (κ3) is 4.39. The Balaban J connectivity index is 2.50. The monoisotopic (exact) mass is 415 g/mol. The first kappa shape index (κ1) is 20.7. The van der Waals surface area contributed by atoms with Gasteiger partial charge < -0.3 is 18.9 Å². The van der Waals surface area contributed by atoms with Crippen LogP contribution in [0.15, 0.2) is 14.5 Å². The second-order valence-electron chi connectivity index (χ2n) is 5.32. The first-order valence-electron chi connectivity index (χ1n) is 7.34. The van der Waals surface area contributed by atoms with E-state index in [0.29, 0.717) is 17.9 Å². The summed E-state index contributed by atoms with van der Waals surface area (Å²) in [5.41, 5.74) is 0.239. The minimum Gasteiger partial charge on any atom is -0.383 e. The smallest absolute Gasteiger partial charge is 0.271 e. The second-order valence-corrected chi connectivity index (χ2v) is 10.6. The normalized spacial score (nSPS) is 24.0. The van der Waals surface area contributed by atoms with Crippen molar-refractivity contribution in [2.24, 2.45) is 5.14 Å². The molecule has 0 bridgehead atoms. The highest BCUT2D eigenvalue weighted by atomic mass is 32.3. The third-order valence-corrected chi connectivity index (χ3v) is 8.90. The van der Waals surface area contributed by atoms with E-state index in [9.17, 15) is 16.8 Å². The lowest BCUT2D eigenvalue weighted by atomic mass is 10.1. The molecule has 0 aliphatic carbocycles. The van der Waals surface area contributed by atoms with Crippen molar-refractivity contribution >= 4 is 31.2 Å². The molecule has 12 heteroatoms. The van der Waals surface area contributed by atoms with E-state index in [4.69, 9.17) is 24.1 Å². The molecule has 2 N–H and O–H groups in total. The van der Waals surface area contributed by atoms with Crippen molar-refractivity contribution in [1.82, 2.24) is 0 Å². The number of sulfone groups is 1. The fourth-order valence-electron chi connectivity index (χ4n) is 2.50. The molecule has 0 radical (unpaired) electrons. The summed E-state index contributed by atoms with van der Waals surface area (Å²) in [4.78, 5) is 0. The first-order valence-corrected chi connectivity index (χ1v) is 11.2. The van der Waals surface area contributed by atoms with Crippen LogP contribution in [0.2, 0.25) is 0 Å². The molecule has 1 aliphatic heterocycles. The van der Waals surface area contributed by atoms with Crippen molar-refractivity contribution < 1.29 is 35.8 Å². The van der Waals surface area contributed by atoms with Gasteiger partial charge in [-0.15, -0.1) is 11.3 Å². The predicted octanol–water partition coefficient (Wildman–Crippen LogP) is 0.612. The van der Waals surface area contributed by atoms with Gasteiger partial charge in [0.2, 0.25) is 10.0 Å². The number of fused-ring (bicyclic) bond motifs is 1. The molecule has 0 aromatic carbocycles. The molecule has 144 valence electrons. The van der Waals surface area contributed by atoms with E-state index in [2.05, 4.69) is 0 Å². The quantitative estimate of drug-likeness (QED) is 0.611. The average molecular weight is 416 g/mol. The van der Waals surface area contributed by atoms with Crippen LogP contribution in [0.1, 0.15) is 25.0 Å². The van der Waals surface area contributed by atoms with Crippen LogP contribution in [0, 0.1) is 0 Å². The van der Waals surface area contributed by atoms with Crippen molar-refractivity contribution in [2.75, 3.05) is 27.4 Å². The largest absolute Gasteiger partial charge is 0.383 e. The Bertz CT molecular complexity index is 801. The molecule has 0 spiro atoms. The fourth-order valence-corrected chi connectivity index (χ4v) is 7.05. The molecule has 2 rings (SSSR count). The zero-order chi connectivity index (χ0) is 18.8. The summed E-state index contributed by atoms with van der Waals surface area (Å²) in [5.74, 6) is 0. The van der Waals surface area contributed by atoms with Gasteiger partial charge in [-0.3, -0.25) is 0 Å². The lowest BCUT2D eigenvalue weighted by Gasteiger charge is -2.30. The number of hydrogen-bond acceptors (Lipinski definition) is 9. The average Bonchev–Trinajstić information content (AvgIpc) is 2.98. The summed E-state index contributed by atoms with van der Waals surface area (Å²) in [6.07, 6.45) is -0.654. The van der Waals surface area contributed by atoms with Gasteiger partial charge in [-0.25, -0.2) is 22.0 Å². The molecule has 1 aromatic rings. The number of primary sulfonamides is 1. The van der Waals surface area contributed by atoms with Gasteiger partial charge in [0.15, 0.2) is 9.84 Å². The molecule has 3 unspecified atom stereocenters. The maximum absolute atomic E-state index is 12.7. The van der Waals surface area contributed by atoms with Crippen LogP contribution in [0.3, 0.4) is 0 Å². The molecular weight excluding hydrogens is 394 g/mol. The lowest BCUT2D eigenvalue weighted by molar-refractivity contribution is -0.295. The zero-order valence-electron chi connectivity index (χ0n) is 14.0. The van der Waals surface area contributed by atoms with Crippen LogP contribution in [0.5, 0.6) is 0 Å². The Morgan fingerprint density at radius 3 is 2.60 bits per heavy atom. The molecule has 1 aliphatic rings. The van der Waals surface area contributed by atoms with E-state index in [1.165, 1.54) is 20.3 Å². The number of nitrogens with two attached hydrogens (primary N) is 1. The highest BCUT2D eigenvalue weighted by molar-refractivity contribution is 7.95. The van der Waals surface area contributed by atoms with E-state index in [1.54, 1.807) is 6.92 Å². The van der Waals surface area contributed by atoms with Gasteiger partial charge in [-0.05, 0) is 19.4 Å². The van der Waals surface area contributed by atoms with E-state index in [-0.39, 0.29) is 27.0 Å². The maximum atomic E-state index is 12.7. The summed E-state index contributed by atoms with van der Waals surface area (Å²) in [6.45, 7) is 1.02. The molecule has 0 saturated heterocycles. The zero-order valence-corrected chi connectivity index (χ0v) is 16.4. The van der Waals surface area contributed by atoms with Gasteiger partial charge in [0.1, 0.15) is 8.42 Å². The lowest BCUT2D eigenvalue weighted by Crippen LogP contribution is -2.35. The molecule has 0 fully saturated rings. The standard InChI is InChI=1S/C13H21NO8S3/c1-4-21-13(20-3)22-10-5-8(7-19-2)24(15,16)12-9(10)6-11(23-12)25(14,17)18/h6,8,10,13H,4-5,7H2,1-3H3,(H2,14,17,18). The molecule has 2 heterocycles. The van der Waals surface area contributed by atoms with Gasteiger partial charge in [0.25, 0.3) is 6.48 Å². The van der Waals surface area contributed by atoms with Crippen LogP contribution in [0.4, 0.5) is 0 Å². The SMILES string of the molecule is CCOC(OC)OC1CC(COC)S(=O)(=O)c2sc(S(N)(=O)=O)cc21. The highest BCUT2D eigenvalue weighted by Crippen LogP contribution is 2.44. The Morgan fingerprint density at radius 2 is 2.08 bits per heavy atom. The molecular formula is C13H21NO8S3. The van der Waals surface area contributed by atoms with Crippen LogP contribution in [0.25, 0.3) is 0 Å².